The number of ether oxygens (including phenoxy) is 1. The van der Waals surface area contributed by atoms with Crippen molar-refractivity contribution in [3.05, 3.63) is 46.0 Å². The SMILES string of the molecule is COC(=O)c1sc(NC(=O)c2cccc(C#N)c2)nc1C. The van der Waals surface area contributed by atoms with E-state index >= 15 is 0 Å². The summed E-state index contributed by atoms with van der Waals surface area (Å²) < 4.78 is 4.63. The van der Waals surface area contributed by atoms with E-state index in [4.69, 9.17) is 5.26 Å². The van der Waals surface area contributed by atoms with Gasteiger partial charge in [-0.15, -0.1) is 0 Å². The van der Waals surface area contributed by atoms with Crippen LogP contribution in [-0.4, -0.2) is 24.0 Å². The molecule has 0 saturated heterocycles. The molecule has 21 heavy (non-hydrogen) atoms. The number of hydrogen-bond acceptors (Lipinski definition) is 6. The molecule has 0 atom stereocenters. The van der Waals surface area contributed by atoms with Crippen molar-refractivity contribution in [1.29, 1.82) is 5.26 Å². The standard InChI is InChI=1S/C14H11N3O3S/c1-8-11(13(19)20-2)21-14(16-8)17-12(18)10-5-3-4-9(6-10)7-15/h3-6H,1-2H3,(H,16,17,18). The molecule has 0 aliphatic rings. The van der Waals surface area contributed by atoms with E-state index < -0.39 is 11.9 Å². The molecule has 0 saturated carbocycles. The highest BCUT2D eigenvalue weighted by Gasteiger charge is 2.17. The first kappa shape index (κ1) is 14.7. The fraction of sp³-hybridized carbons (Fsp3) is 0.143. The Morgan fingerprint density at radius 2 is 2.19 bits per heavy atom. The number of thiazole rings is 1. The minimum absolute atomic E-state index is 0.306. The fourth-order valence-electron chi connectivity index (χ4n) is 1.63. The number of benzene rings is 1. The number of amides is 1. The zero-order valence-electron chi connectivity index (χ0n) is 11.3. The highest BCUT2D eigenvalue weighted by atomic mass is 32.1. The lowest BCUT2D eigenvalue weighted by atomic mass is 10.1. The molecule has 0 aliphatic heterocycles. The molecule has 2 rings (SSSR count). The van der Waals surface area contributed by atoms with Crippen LogP contribution in [0, 0.1) is 18.3 Å². The Kier molecular flexibility index (Phi) is 4.30. The number of nitriles is 1. The van der Waals surface area contributed by atoms with E-state index in [-0.39, 0.29) is 0 Å². The topological polar surface area (TPSA) is 92.1 Å². The zero-order chi connectivity index (χ0) is 15.4. The monoisotopic (exact) mass is 301 g/mol. The summed E-state index contributed by atoms with van der Waals surface area (Å²) in [5.74, 6) is -0.880. The number of aromatic nitrogens is 1. The highest BCUT2D eigenvalue weighted by Crippen LogP contribution is 2.23. The van der Waals surface area contributed by atoms with Gasteiger partial charge in [-0.25, -0.2) is 9.78 Å². The first-order valence-corrected chi connectivity index (χ1v) is 6.74. The number of anilines is 1. The van der Waals surface area contributed by atoms with Crippen LogP contribution in [0.4, 0.5) is 5.13 Å². The maximum atomic E-state index is 12.1. The summed E-state index contributed by atoms with van der Waals surface area (Å²) in [6.07, 6.45) is 0. The fourth-order valence-corrected chi connectivity index (χ4v) is 2.51. The van der Waals surface area contributed by atoms with E-state index in [2.05, 4.69) is 15.0 Å². The van der Waals surface area contributed by atoms with Gasteiger partial charge in [0.05, 0.1) is 24.4 Å². The van der Waals surface area contributed by atoms with Gasteiger partial charge in [0.2, 0.25) is 0 Å². The summed E-state index contributed by atoms with van der Waals surface area (Å²) in [6, 6.07) is 8.28. The molecule has 1 heterocycles. The molecule has 0 radical (unpaired) electrons. The molecule has 0 aliphatic carbocycles. The van der Waals surface area contributed by atoms with Crippen LogP contribution < -0.4 is 5.32 Å². The van der Waals surface area contributed by atoms with Crippen LogP contribution in [0.15, 0.2) is 24.3 Å². The van der Waals surface area contributed by atoms with Crippen molar-refractivity contribution in [1.82, 2.24) is 4.98 Å². The quantitative estimate of drug-likeness (QED) is 0.879. The maximum absolute atomic E-state index is 12.1. The predicted octanol–water partition coefficient (Wildman–Crippen LogP) is 2.36. The van der Waals surface area contributed by atoms with Crippen LogP contribution in [0.1, 0.15) is 31.3 Å². The summed E-state index contributed by atoms with van der Waals surface area (Å²) in [7, 11) is 1.28. The molecule has 0 fully saturated rings. The van der Waals surface area contributed by atoms with Gasteiger partial charge in [-0.2, -0.15) is 5.26 Å². The third kappa shape index (κ3) is 3.24. The molecule has 1 amide bonds. The van der Waals surface area contributed by atoms with Gasteiger partial charge in [-0.1, -0.05) is 17.4 Å². The summed E-state index contributed by atoms with van der Waals surface area (Å²) in [5, 5.41) is 11.7. The molecule has 0 spiro atoms. The summed E-state index contributed by atoms with van der Waals surface area (Å²) in [4.78, 5) is 28.0. The smallest absolute Gasteiger partial charge is 0.350 e. The minimum Gasteiger partial charge on any atom is -0.465 e. The maximum Gasteiger partial charge on any atom is 0.350 e. The minimum atomic E-state index is -0.489. The summed E-state index contributed by atoms with van der Waals surface area (Å²) in [6.45, 7) is 1.66. The summed E-state index contributed by atoms with van der Waals surface area (Å²) >= 11 is 1.04. The van der Waals surface area contributed by atoms with Crippen LogP contribution >= 0.6 is 11.3 Å². The van der Waals surface area contributed by atoms with Crippen LogP contribution in [0.2, 0.25) is 0 Å². The molecule has 1 aromatic heterocycles. The van der Waals surface area contributed by atoms with Crippen molar-refractivity contribution in [3.8, 4) is 6.07 Å². The van der Waals surface area contributed by atoms with Gasteiger partial charge in [-0.05, 0) is 25.1 Å². The third-order valence-corrected chi connectivity index (χ3v) is 3.69. The lowest BCUT2D eigenvalue weighted by molar-refractivity contribution is 0.0605. The van der Waals surface area contributed by atoms with E-state index in [1.807, 2.05) is 6.07 Å². The largest absolute Gasteiger partial charge is 0.465 e. The molecular weight excluding hydrogens is 290 g/mol. The van der Waals surface area contributed by atoms with Crippen molar-refractivity contribution in [3.63, 3.8) is 0 Å². The molecular formula is C14H11N3O3S. The average Bonchev–Trinajstić information content (AvgIpc) is 2.87. The third-order valence-electron chi connectivity index (χ3n) is 2.64. The van der Waals surface area contributed by atoms with Crippen LogP contribution in [0.25, 0.3) is 0 Å². The second kappa shape index (κ2) is 6.15. The predicted molar refractivity (Wildman–Crippen MR) is 77.3 cm³/mol. The van der Waals surface area contributed by atoms with Gasteiger partial charge in [0.25, 0.3) is 5.91 Å². The Labute approximate surface area is 125 Å². The number of aryl methyl sites for hydroxylation is 1. The van der Waals surface area contributed by atoms with Gasteiger partial charge in [-0.3, -0.25) is 10.1 Å². The molecule has 0 unspecified atom stereocenters. The number of carbonyl (C=O) groups excluding carboxylic acids is 2. The first-order chi connectivity index (χ1) is 10.0. The Morgan fingerprint density at radius 1 is 1.43 bits per heavy atom. The van der Waals surface area contributed by atoms with Gasteiger partial charge in [0, 0.05) is 5.56 Å². The molecule has 1 aromatic carbocycles. The second-order valence-electron chi connectivity index (χ2n) is 4.07. The molecule has 6 nitrogen and oxygen atoms in total. The van der Waals surface area contributed by atoms with Gasteiger partial charge in [0.15, 0.2) is 5.13 Å². The van der Waals surface area contributed by atoms with Crippen LogP contribution in [-0.2, 0) is 4.74 Å². The number of hydrogen-bond donors (Lipinski definition) is 1. The van der Waals surface area contributed by atoms with Crippen molar-refractivity contribution in [2.75, 3.05) is 12.4 Å². The lowest BCUT2D eigenvalue weighted by Gasteiger charge is -2.01. The Morgan fingerprint density at radius 3 is 2.86 bits per heavy atom. The number of esters is 1. The van der Waals surface area contributed by atoms with E-state index in [9.17, 15) is 9.59 Å². The number of methoxy groups -OCH3 is 1. The number of carbonyl (C=O) groups is 2. The van der Waals surface area contributed by atoms with E-state index in [0.717, 1.165) is 11.3 Å². The zero-order valence-corrected chi connectivity index (χ0v) is 12.2. The van der Waals surface area contributed by atoms with Crippen LogP contribution in [0.5, 0.6) is 0 Å². The normalized spacial score (nSPS) is 9.76. The molecule has 106 valence electrons. The van der Waals surface area contributed by atoms with E-state index in [0.29, 0.717) is 26.8 Å². The van der Waals surface area contributed by atoms with Crippen molar-refractivity contribution in [2.24, 2.45) is 0 Å². The number of nitrogens with zero attached hydrogens (tertiary/aromatic N) is 2. The number of rotatable bonds is 3. The Balaban J connectivity index is 2.20. The molecule has 2 aromatic rings. The van der Waals surface area contributed by atoms with E-state index in [1.54, 1.807) is 25.1 Å². The highest BCUT2D eigenvalue weighted by molar-refractivity contribution is 7.17. The lowest BCUT2D eigenvalue weighted by Crippen LogP contribution is -2.11. The first-order valence-electron chi connectivity index (χ1n) is 5.92. The van der Waals surface area contributed by atoms with Crippen LogP contribution in [0.3, 0.4) is 0 Å². The Hall–Kier alpha value is -2.72. The molecule has 7 heteroatoms. The van der Waals surface area contributed by atoms with Crippen molar-refractivity contribution < 1.29 is 14.3 Å². The van der Waals surface area contributed by atoms with E-state index in [1.165, 1.54) is 13.2 Å². The van der Waals surface area contributed by atoms with Crippen molar-refractivity contribution in [2.45, 2.75) is 6.92 Å². The van der Waals surface area contributed by atoms with Crippen molar-refractivity contribution >= 4 is 28.3 Å². The van der Waals surface area contributed by atoms with Gasteiger partial charge < -0.3 is 4.74 Å². The second-order valence-corrected chi connectivity index (χ2v) is 5.07. The molecule has 1 N–H and O–H groups in total. The van der Waals surface area contributed by atoms with Gasteiger partial charge in [0.1, 0.15) is 4.88 Å². The Bertz CT molecular complexity index is 746. The van der Waals surface area contributed by atoms with Gasteiger partial charge >= 0.3 is 5.97 Å². The molecule has 0 bridgehead atoms. The number of nitrogens with one attached hydrogen (secondary N) is 1. The summed E-state index contributed by atoms with van der Waals surface area (Å²) in [5.41, 5.74) is 1.24. The average molecular weight is 301 g/mol.